The van der Waals surface area contributed by atoms with E-state index in [1.165, 1.54) is 0 Å². The van der Waals surface area contributed by atoms with Crippen LogP contribution in [0, 0.1) is 0 Å². The molecule has 1 N–H and O–H groups in total. The Morgan fingerprint density at radius 1 is 0.706 bits per heavy atom. The third kappa shape index (κ3) is 7.93. The number of hydrogen-bond acceptors (Lipinski definition) is 8. The molecule has 11 heteroatoms. The van der Waals surface area contributed by atoms with Gasteiger partial charge in [-0.15, -0.1) is 12.4 Å². The number of benzene rings is 3. The fraction of sp³-hybridized carbons (Fsp3) is 0.225. The van der Waals surface area contributed by atoms with Crippen molar-refractivity contribution in [3.05, 3.63) is 143 Å². The number of anilines is 4. The van der Waals surface area contributed by atoms with Crippen LogP contribution < -0.4 is 15.1 Å². The summed E-state index contributed by atoms with van der Waals surface area (Å²) in [6.45, 7) is 2.25. The SMILES string of the molecule is CN(c1ccccc1)c1ccc(CN(Cc2ccc(N(C)c3ccccc3)nc2)Cc2ccc3c(c2)CN(C2CCC(=O)NC2=O)C3=O)cn1.Cl. The second-order valence-electron chi connectivity index (χ2n) is 12.9. The minimum atomic E-state index is -0.639. The molecule has 0 aliphatic carbocycles. The number of nitrogens with zero attached hydrogens (tertiary/aromatic N) is 6. The fourth-order valence-corrected chi connectivity index (χ4v) is 6.65. The molecule has 0 radical (unpaired) electrons. The molecule has 1 atom stereocenters. The van der Waals surface area contributed by atoms with Crippen LogP contribution in [0.1, 0.15) is 45.5 Å². The molecule has 0 bridgehead atoms. The van der Waals surface area contributed by atoms with Crippen LogP contribution in [0.2, 0.25) is 0 Å². The molecule has 1 unspecified atom stereocenters. The van der Waals surface area contributed by atoms with Gasteiger partial charge in [0.1, 0.15) is 17.7 Å². The number of halogens is 1. The second-order valence-corrected chi connectivity index (χ2v) is 12.9. The molecule has 3 amide bonds. The Labute approximate surface area is 304 Å². The third-order valence-corrected chi connectivity index (χ3v) is 9.40. The van der Waals surface area contributed by atoms with Crippen LogP contribution in [-0.2, 0) is 35.8 Å². The van der Waals surface area contributed by atoms with E-state index in [0.29, 0.717) is 38.2 Å². The van der Waals surface area contributed by atoms with E-state index in [2.05, 4.69) is 62.5 Å². The van der Waals surface area contributed by atoms with Crippen molar-refractivity contribution in [2.75, 3.05) is 23.9 Å². The van der Waals surface area contributed by atoms with Gasteiger partial charge in [0, 0.05) is 76.0 Å². The maximum absolute atomic E-state index is 13.3. The number of aromatic nitrogens is 2. The molecule has 2 aromatic heterocycles. The molecule has 10 nitrogen and oxygen atoms in total. The number of carbonyl (C=O) groups excluding carboxylic acids is 3. The first-order valence-corrected chi connectivity index (χ1v) is 16.8. The summed E-state index contributed by atoms with van der Waals surface area (Å²) >= 11 is 0. The molecule has 4 heterocycles. The van der Waals surface area contributed by atoms with Crippen LogP contribution in [-0.4, -0.2) is 57.6 Å². The number of rotatable bonds is 11. The van der Waals surface area contributed by atoms with Gasteiger partial charge in [0.05, 0.1) is 0 Å². The van der Waals surface area contributed by atoms with E-state index in [-0.39, 0.29) is 30.6 Å². The summed E-state index contributed by atoms with van der Waals surface area (Å²) in [6.07, 6.45) is 4.43. The molecular weight excluding hydrogens is 662 g/mol. The maximum atomic E-state index is 13.3. The van der Waals surface area contributed by atoms with E-state index in [1.54, 1.807) is 4.90 Å². The van der Waals surface area contributed by atoms with Gasteiger partial charge < -0.3 is 14.7 Å². The van der Waals surface area contributed by atoms with Crippen molar-refractivity contribution in [2.24, 2.45) is 0 Å². The van der Waals surface area contributed by atoms with Gasteiger partial charge >= 0.3 is 0 Å². The zero-order chi connectivity index (χ0) is 34.6. The summed E-state index contributed by atoms with van der Waals surface area (Å²) in [5.41, 5.74) is 6.83. The molecule has 1 saturated heterocycles. The lowest BCUT2D eigenvalue weighted by Gasteiger charge is -2.29. The average Bonchev–Trinajstić information content (AvgIpc) is 3.47. The quantitative estimate of drug-likeness (QED) is 0.158. The summed E-state index contributed by atoms with van der Waals surface area (Å²) < 4.78 is 0. The fourth-order valence-electron chi connectivity index (χ4n) is 6.65. The van der Waals surface area contributed by atoms with Crippen LogP contribution >= 0.6 is 12.4 Å². The largest absolute Gasteiger partial charge is 0.329 e. The minimum absolute atomic E-state index is 0. The second kappa shape index (κ2) is 15.5. The number of amides is 3. The van der Waals surface area contributed by atoms with Crippen LogP contribution in [0.4, 0.5) is 23.0 Å². The van der Waals surface area contributed by atoms with Gasteiger partial charge in [-0.1, -0.05) is 60.7 Å². The molecule has 51 heavy (non-hydrogen) atoms. The highest BCUT2D eigenvalue weighted by atomic mass is 35.5. The Balaban J connectivity index is 0.00000448. The van der Waals surface area contributed by atoms with Crippen LogP contribution in [0.3, 0.4) is 0 Å². The molecule has 260 valence electrons. The maximum Gasteiger partial charge on any atom is 0.255 e. The van der Waals surface area contributed by atoms with Gasteiger partial charge in [-0.25, -0.2) is 9.97 Å². The number of nitrogens with one attached hydrogen (secondary N) is 1. The number of piperidine rings is 1. The zero-order valence-corrected chi connectivity index (χ0v) is 29.4. The number of carbonyl (C=O) groups is 3. The zero-order valence-electron chi connectivity index (χ0n) is 28.6. The predicted molar refractivity (Wildman–Crippen MR) is 200 cm³/mol. The number of para-hydroxylation sites is 2. The molecular formula is C40H40ClN7O3. The Kier molecular flexibility index (Phi) is 10.7. The molecule has 3 aromatic carbocycles. The lowest BCUT2D eigenvalue weighted by molar-refractivity contribution is -0.136. The minimum Gasteiger partial charge on any atom is -0.329 e. The van der Waals surface area contributed by atoms with Crippen molar-refractivity contribution < 1.29 is 14.4 Å². The molecule has 7 rings (SSSR count). The third-order valence-electron chi connectivity index (χ3n) is 9.40. The number of fused-ring (bicyclic) bond motifs is 1. The van der Waals surface area contributed by atoms with Gasteiger partial charge in [0.25, 0.3) is 5.91 Å². The van der Waals surface area contributed by atoms with E-state index in [4.69, 9.17) is 9.97 Å². The summed E-state index contributed by atoms with van der Waals surface area (Å²) in [5.74, 6) is 0.850. The van der Waals surface area contributed by atoms with Crippen LogP contribution in [0.15, 0.2) is 116 Å². The van der Waals surface area contributed by atoms with Gasteiger partial charge in [-0.3, -0.25) is 24.6 Å². The standard InChI is InChI=1S/C40H39N7O3.ClH/c1-44(32-9-5-3-6-10-32)36-18-14-29(22-41-36)25-46(26-30-15-19-37(42-23-30)45(2)33-11-7-4-8-12-33)24-28-13-16-34-31(21-28)27-47(40(34)50)35-17-20-38(48)43-39(35)49;/h3-16,18-19,21-23,35H,17,20,24-27H2,1-2H3,(H,43,48,49);1H. The van der Waals surface area contributed by atoms with Gasteiger partial charge in [-0.05, 0) is 71.1 Å². The van der Waals surface area contributed by atoms with Crippen molar-refractivity contribution in [3.8, 4) is 0 Å². The molecule has 2 aliphatic heterocycles. The smallest absolute Gasteiger partial charge is 0.255 e. The topological polar surface area (TPSA) is 102 Å². The van der Waals surface area contributed by atoms with Gasteiger partial charge in [0.2, 0.25) is 11.8 Å². The van der Waals surface area contributed by atoms with Crippen molar-refractivity contribution in [1.82, 2.24) is 25.1 Å². The molecule has 0 saturated carbocycles. The summed E-state index contributed by atoms with van der Waals surface area (Å²) in [4.78, 5) is 55.2. The van der Waals surface area contributed by atoms with Crippen molar-refractivity contribution in [3.63, 3.8) is 0 Å². The number of imide groups is 1. The van der Waals surface area contributed by atoms with E-state index in [0.717, 1.165) is 45.3 Å². The van der Waals surface area contributed by atoms with Gasteiger partial charge in [-0.2, -0.15) is 0 Å². The Morgan fingerprint density at radius 2 is 1.24 bits per heavy atom. The van der Waals surface area contributed by atoms with Crippen LogP contribution in [0.25, 0.3) is 0 Å². The number of hydrogen-bond donors (Lipinski definition) is 1. The number of pyridine rings is 2. The van der Waals surface area contributed by atoms with E-state index in [1.807, 2.05) is 87.2 Å². The Hall–Kier alpha value is -5.58. The first-order chi connectivity index (χ1) is 24.3. The highest BCUT2D eigenvalue weighted by Crippen LogP contribution is 2.29. The van der Waals surface area contributed by atoms with E-state index >= 15 is 0 Å². The lowest BCUT2D eigenvalue weighted by atomic mass is 10.0. The Morgan fingerprint density at radius 3 is 1.75 bits per heavy atom. The Bertz CT molecular complexity index is 1900. The van der Waals surface area contributed by atoms with Crippen LogP contribution in [0.5, 0.6) is 0 Å². The van der Waals surface area contributed by atoms with Gasteiger partial charge in [0.15, 0.2) is 0 Å². The molecule has 0 spiro atoms. The molecule has 2 aliphatic rings. The lowest BCUT2D eigenvalue weighted by Crippen LogP contribution is -2.52. The van der Waals surface area contributed by atoms with Crippen molar-refractivity contribution in [1.29, 1.82) is 0 Å². The summed E-state index contributed by atoms with van der Waals surface area (Å²) in [6, 6.07) is 33.9. The normalized spacial score (nSPS) is 15.3. The van der Waals surface area contributed by atoms with E-state index in [9.17, 15) is 14.4 Å². The van der Waals surface area contributed by atoms with Crippen molar-refractivity contribution in [2.45, 2.75) is 45.1 Å². The summed E-state index contributed by atoms with van der Waals surface area (Å²) in [7, 11) is 4.02. The molecule has 5 aromatic rings. The van der Waals surface area contributed by atoms with E-state index < -0.39 is 11.9 Å². The highest BCUT2D eigenvalue weighted by molar-refractivity contribution is 6.05. The van der Waals surface area contributed by atoms with Crippen molar-refractivity contribution >= 4 is 53.1 Å². The summed E-state index contributed by atoms with van der Waals surface area (Å²) in [5, 5.41) is 2.38. The first-order valence-electron chi connectivity index (χ1n) is 16.8. The molecule has 1 fully saturated rings. The highest BCUT2D eigenvalue weighted by Gasteiger charge is 2.39. The monoisotopic (exact) mass is 701 g/mol. The first kappa shape index (κ1) is 35.3. The average molecular weight is 702 g/mol. The predicted octanol–water partition coefficient (Wildman–Crippen LogP) is 6.40.